The van der Waals surface area contributed by atoms with E-state index < -0.39 is 5.97 Å². The van der Waals surface area contributed by atoms with Crippen molar-refractivity contribution in [1.29, 1.82) is 0 Å². The Bertz CT molecular complexity index is 920. The first-order chi connectivity index (χ1) is 12.1. The Kier molecular flexibility index (Phi) is 4.90. The van der Waals surface area contributed by atoms with Crippen LogP contribution in [0.5, 0.6) is 0 Å². The Labute approximate surface area is 145 Å². The van der Waals surface area contributed by atoms with Crippen molar-refractivity contribution in [3.63, 3.8) is 0 Å². The van der Waals surface area contributed by atoms with E-state index >= 15 is 0 Å². The van der Waals surface area contributed by atoms with Crippen LogP contribution in [0.25, 0.3) is 17.4 Å². The standard InChI is InChI=1S/C21H16O4/c22-18(14-16-6-4-5-15(13-16)9-12-21(23)24)20-11-10-19(25-20)17-7-2-1-3-8-17/h1-13H,14H2,(H,23,24). The summed E-state index contributed by atoms with van der Waals surface area (Å²) < 4.78 is 5.67. The number of aliphatic carboxylic acids is 1. The first kappa shape index (κ1) is 16.5. The van der Waals surface area contributed by atoms with E-state index in [0.717, 1.165) is 22.8 Å². The molecule has 124 valence electrons. The first-order valence-electron chi connectivity index (χ1n) is 7.80. The number of ketones is 1. The highest BCUT2D eigenvalue weighted by Gasteiger charge is 2.13. The van der Waals surface area contributed by atoms with Gasteiger partial charge in [0.2, 0.25) is 5.78 Å². The molecule has 2 aromatic carbocycles. The number of carboxylic acid groups (broad SMARTS) is 1. The molecule has 0 amide bonds. The Morgan fingerprint density at radius 1 is 0.960 bits per heavy atom. The summed E-state index contributed by atoms with van der Waals surface area (Å²) in [6, 6.07) is 20.3. The lowest BCUT2D eigenvalue weighted by atomic mass is 10.0. The lowest BCUT2D eigenvalue weighted by Crippen LogP contribution is -2.02. The van der Waals surface area contributed by atoms with Crippen LogP contribution in [0.2, 0.25) is 0 Å². The van der Waals surface area contributed by atoms with Crippen LogP contribution in [0.3, 0.4) is 0 Å². The molecule has 25 heavy (non-hydrogen) atoms. The summed E-state index contributed by atoms with van der Waals surface area (Å²) in [4.78, 5) is 23.0. The number of hydrogen-bond donors (Lipinski definition) is 1. The maximum absolute atomic E-state index is 12.4. The molecular weight excluding hydrogens is 316 g/mol. The molecule has 0 atom stereocenters. The van der Waals surface area contributed by atoms with Crippen molar-refractivity contribution in [3.05, 3.63) is 89.7 Å². The van der Waals surface area contributed by atoms with Gasteiger partial charge in [0.05, 0.1) is 0 Å². The number of carbonyl (C=O) groups is 2. The number of carbonyl (C=O) groups excluding carboxylic acids is 1. The van der Waals surface area contributed by atoms with E-state index in [1.54, 1.807) is 30.3 Å². The summed E-state index contributed by atoms with van der Waals surface area (Å²) in [7, 11) is 0. The number of benzene rings is 2. The zero-order valence-electron chi connectivity index (χ0n) is 13.4. The second-order valence-electron chi connectivity index (χ2n) is 5.55. The fourth-order valence-corrected chi connectivity index (χ4v) is 2.49. The van der Waals surface area contributed by atoms with Crippen LogP contribution in [-0.4, -0.2) is 16.9 Å². The second-order valence-corrected chi connectivity index (χ2v) is 5.55. The van der Waals surface area contributed by atoms with E-state index in [9.17, 15) is 9.59 Å². The van der Waals surface area contributed by atoms with Gasteiger partial charge in [-0.1, -0.05) is 54.6 Å². The van der Waals surface area contributed by atoms with Gasteiger partial charge in [-0.2, -0.15) is 0 Å². The number of carboxylic acids is 1. The third-order valence-corrected chi connectivity index (χ3v) is 3.67. The molecule has 1 N–H and O–H groups in total. The minimum absolute atomic E-state index is 0.124. The highest BCUT2D eigenvalue weighted by Crippen LogP contribution is 2.22. The molecule has 0 fully saturated rings. The molecule has 0 unspecified atom stereocenters. The zero-order valence-corrected chi connectivity index (χ0v) is 13.4. The average Bonchev–Trinajstić information content (AvgIpc) is 3.11. The van der Waals surface area contributed by atoms with Gasteiger partial charge >= 0.3 is 5.97 Å². The fraction of sp³-hybridized carbons (Fsp3) is 0.0476. The Hall–Kier alpha value is -3.40. The molecule has 0 aliphatic carbocycles. The number of rotatable bonds is 6. The lowest BCUT2D eigenvalue weighted by Gasteiger charge is -2.01. The SMILES string of the molecule is O=C(O)C=Cc1cccc(CC(=O)c2ccc(-c3ccccc3)o2)c1. The first-order valence-corrected chi connectivity index (χ1v) is 7.80. The number of hydrogen-bond acceptors (Lipinski definition) is 3. The normalized spacial score (nSPS) is 10.9. The van der Waals surface area contributed by atoms with Gasteiger partial charge in [-0.3, -0.25) is 4.79 Å². The van der Waals surface area contributed by atoms with Crippen LogP contribution in [0.15, 0.2) is 77.2 Å². The van der Waals surface area contributed by atoms with E-state index in [1.165, 1.54) is 6.08 Å². The van der Waals surface area contributed by atoms with Gasteiger partial charge in [-0.25, -0.2) is 4.79 Å². The van der Waals surface area contributed by atoms with Gasteiger partial charge in [0.15, 0.2) is 5.76 Å². The van der Waals surface area contributed by atoms with Crippen molar-refractivity contribution >= 4 is 17.8 Å². The van der Waals surface area contributed by atoms with Crippen molar-refractivity contribution in [2.75, 3.05) is 0 Å². The van der Waals surface area contributed by atoms with Gasteiger partial charge in [-0.15, -0.1) is 0 Å². The van der Waals surface area contributed by atoms with E-state index in [-0.39, 0.29) is 12.2 Å². The molecule has 1 heterocycles. The van der Waals surface area contributed by atoms with Crippen LogP contribution in [-0.2, 0) is 11.2 Å². The van der Waals surface area contributed by atoms with Crippen molar-refractivity contribution in [3.8, 4) is 11.3 Å². The molecule has 0 saturated carbocycles. The molecule has 4 heteroatoms. The average molecular weight is 332 g/mol. The zero-order chi connectivity index (χ0) is 17.6. The minimum atomic E-state index is -1.01. The van der Waals surface area contributed by atoms with Crippen molar-refractivity contribution in [2.24, 2.45) is 0 Å². The Morgan fingerprint density at radius 3 is 2.52 bits per heavy atom. The summed E-state index contributed by atoms with van der Waals surface area (Å²) in [5, 5.41) is 8.68. The molecular formula is C21H16O4. The highest BCUT2D eigenvalue weighted by molar-refractivity contribution is 5.95. The topological polar surface area (TPSA) is 67.5 Å². The summed E-state index contributed by atoms with van der Waals surface area (Å²) in [6.45, 7) is 0. The highest BCUT2D eigenvalue weighted by atomic mass is 16.4. The van der Waals surface area contributed by atoms with Crippen molar-refractivity contribution < 1.29 is 19.1 Å². The molecule has 0 radical (unpaired) electrons. The van der Waals surface area contributed by atoms with Gasteiger partial charge in [0.25, 0.3) is 0 Å². The van der Waals surface area contributed by atoms with Gasteiger partial charge in [-0.05, 0) is 29.3 Å². The second kappa shape index (κ2) is 7.45. The molecule has 3 rings (SSSR count). The van der Waals surface area contributed by atoms with Crippen molar-refractivity contribution in [1.82, 2.24) is 0 Å². The molecule has 3 aromatic rings. The van der Waals surface area contributed by atoms with Gasteiger partial charge in [0, 0.05) is 18.1 Å². The van der Waals surface area contributed by atoms with Crippen molar-refractivity contribution in [2.45, 2.75) is 6.42 Å². The van der Waals surface area contributed by atoms with E-state index in [1.807, 2.05) is 36.4 Å². The monoisotopic (exact) mass is 332 g/mol. The van der Waals surface area contributed by atoms with Gasteiger partial charge < -0.3 is 9.52 Å². The Balaban J connectivity index is 1.74. The smallest absolute Gasteiger partial charge is 0.328 e. The van der Waals surface area contributed by atoms with E-state index in [2.05, 4.69) is 0 Å². The number of Topliss-reactive ketones (excluding diaryl/α,β-unsaturated/α-hetero) is 1. The lowest BCUT2D eigenvalue weighted by molar-refractivity contribution is -0.131. The molecule has 0 aliphatic rings. The van der Waals surface area contributed by atoms with Crippen LogP contribution >= 0.6 is 0 Å². The molecule has 0 aliphatic heterocycles. The molecule has 1 aromatic heterocycles. The van der Waals surface area contributed by atoms with Gasteiger partial charge in [0.1, 0.15) is 5.76 Å². The molecule has 0 saturated heterocycles. The van der Waals surface area contributed by atoms with Crippen LogP contribution < -0.4 is 0 Å². The maximum Gasteiger partial charge on any atom is 0.328 e. The predicted octanol–water partition coefficient (Wildman–Crippen LogP) is 4.47. The molecule has 0 spiro atoms. The van der Waals surface area contributed by atoms with Crippen LogP contribution in [0.1, 0.15) is 21.7 Å². The fourth-order valence-electron chi connectivity index (χ4n) is 2.49. The molecule has 0 bridgehead atoms. The largest absolute Gasteiger partial charge is 0.478 e. The summed E-state index contributed by atoms with van der Waals surface area (Å²) in [5.74, 6) is -0.167. The van der Waals surface area contributed by atoms with Crippen LogP contribution in [0, 0.1) is 0 Å². The Morgan fingerprint density at radius 2 is 1.76 bits per heavy atom. The van der Waals surface area contributed by atoms with Crippen LogP contribution in [0.4, 0.5) is 0 Å². The van der Waals surface area contributed by atoms with E-state index in [0.29, 0.717) is 11.5 Å². The maximum atomic E-state index is 12.4. The molecule has 4 nitrogen and oxygen atoms in total. The minimum Gasteiger partial charge on any atom is -0.478 e. The summed E-state index contributed by atoms with van der Waals surface area (Å²) in [5.41, 5.74) is 2.45. The third kappa shape index (κ3) is 4.32. The predicted molar refractivity (Wildman–Crippen MR) is 95.3 cm³/mol. The summed E-state index contributed by atoms with van der Waals surface area (Å²) in [6.07, 6.45) is 2.76. The quantitative estimate of drug-likeness (QED) is 0.534. The van der Waals surface area contributed by atoms with E-state index in [4.69, 9.17) is 9.52 Å². The third-order valence-electron chi connectivity index (χ3n) is 3.67. The number of furan rings is 1. The summed E-state index contributed by atoms with van der Waals surface area (Å²) >= 11 is 0.